The van der Waals surface area contributed by atoms with Crippen LogP contribution in [0.25, 0.3) is 0 Å². The fraction of sp³-hybridized carbons (Fsp3) is 0.579. The number of aliphatic carboxylic acids is 1. The lowest BCUT2D eigenvalue weighted by molar-refractivity contribution is -0.141. The van der Waals surface area contributed by atoms with Gasteiger partial charge in [-0.3, -0.25) is 9.59 Å². The van der Waals surface area contributed by atoms with Gasteiger partial charge in [-0.2, -0.15) is 0 Å². The van der Waals surface area contributed by atoms with E-state index in [1.807, 2.05) is 37.8 Å². The van der Waals surface area contributed by atoms with Crippen LogP contribution in [0.2, 0.25) is 0 Å². The third-order valence-electron chi connectivity index (χ3n) is 4.76. The highest BCUT2D eigenvalue weighted by atomic mass is 16.5. The lowest BCUT2D eigenvalue weighted by Crippen LogP contribution is -2.40. The van der Waals surface area contributed by atoms with E-state index in [1.165, 1.54) is 0 Å². The second-order valence-corrected chi connectivity index (χ2v) is 7.33. The highest BCUT2D eigenvalue weighted by molar-refractivity contribution is 5.79. The minimum absolute atomic E-state index is 0.0146. The van der Waals surface area contributed by atoms with Crippen molar-refractivity contribution in [2.24, 2.45) is 5.41 Å². The minimum atomic E-state index is -0.883. The molecule has 2 rings (SSSR count). The van der Waals surface area contributed by atoms with E-state index in [0.717, 1.165) is 17.5 Å². The number of fused-ring (bicyclic) bond motifs is 1. The molecule has 1 atom stereocenters. The Morgan fingerprint density at radius 2 is 1.80 bits per heavy atom. The molecule has 138 valence electrons. The van der Waals surface area contributed by atoms with Gasteiger partial charge in [0.05, 0.1) is 26.7 Å². The Balaban J connectivity index is 2.22. The lowest BCUT2D eigenvalue weighted by atomic mass is 9.84. The molecule has 1 aromatic carbocycles. The molecular formula is C19H27NO5. The van der Waals surface area contributed by atoms with Crippen LogP contribution in [0.4, 0.5) is 0 Å². The molecule has 0 unspecified atom stereocenters. The summed E-state index contributed by atoms with van der Waals surface area (Å²) in [5.74, 6) is 0.440. The maximum atomic E-state index is 12.8. The first-order valence-electron chi connectivity index (χ1n) is 8.44. The molecule has 1 heterocycles. The zero-order valence-corrected chi connectivity index (χ0v) is 15.6. The second-order valence-electron chi connectivity index (χ2n) is 7.33. The van der Waals surface area contributed by atoms with Crippen molar-refractivity contribution in [2.45, 2.75) is 46.1 Å². The molecule has 0 radical (unpaired) electrons. The molecule has 0 fully saturated rings. The van der Waals surface area contributed by atoms with E-state index in [-0.39, 0.29) is 24.8 Å². The van der Waals surface area contributed by atoms with E-state index < -0.39 is 11.4 Å². The molecule has 1 N–H and O–H groups in total. The first kappa shape index (κ1) is 19.1. The zero-order chi connectivity index (χ0) is 18.8. The summed E-state index contributed by atoms with van der Waals surface area (Å²) in [5.41, 5.74) is 1.63. The van der Waals surface area contributed by atoms with Gasteiger partial charge in [0, 0.05) is 13.0 Å². The fourth-order valence-corrected chi connectivity index (χ4v) is 3.47. The van der Waals surface area contributed by atoms with Crippen molar-refractivity contribution in [3.05, 3.63) is 23.3 Å². The summed E-state index contributed by atoms with van der Waals surface area (Å²) in [4.78, 5) is 25.6. The summed E-state index contributed by atoms with van der Waals surface area (Å²) >= 11 is 0. The smallest absolute Gasteiger partial charge is 0.303 e. The molecular weight excluding hydrogens is 322 g/mol. The summed E-state index contributed by atoms with van der Waals surface area (Å²) in [6.45, 7) is 6.24. The van der Waals surface area contributed by atoms with Crippen LogP contribution in [0.5, 0.6) is 11.5 Å². The first-order chi connectivity index (χ1) is 11.7. The van der Waals surface area contributed by atoms with Gasteiger partial charge in [-0.05, 0) is 42.0 Å². The number of nitrogens with zero attached hydrogens (tertiary/aromatic N) is 1. The van der Waals surface area contributed by atoms with E-state index >= 15 is 0 Å². The molecule has 1 amide bonds. The number of hydrogen-bond acceptors (Lipinski definition) is 4. The molecule has 0 spiro atoms. The molecule has 0 aromatic heterocycles. The van der Waals surface area contributed by atoms with Crippen LogP contribution in [0, 0.1) is 5.41 Å². The average molecular weight is 349 g/mol. The number of carboxylic acids is 1. The Bertz CT molecular complexity index is 668. The number of carbonyl (C=O) groups is 2. The van der Waals surface area contributed by atoms with Crippen LogP contribution in [-0.2, 0) is 16.0 Å². The monoisotopic (exact) mass is 349 g/mol. The van der Waals surface area contributed by atoms with E-state index in [2.05, 4.69) is 0 Å². The highest BCUT2D eigenvalue weighted by Gasteiger charge is 2.33. The fourth-order valence-electron chi connectivity index (χ4n) is 3.47. The average Bonchev–Trinajstić information content (AvgIpc) is 2.52. The van der Waals surface area contributed by atoms with Gasteiger partial charge in [-0.25, -0.2) is 0 Å². The second kappa shape index (κ2) is 7.33. The number of benzene rings is 1. The largest absolute Gasteiger partial charge is 0.493 e. The van der Waals surface area contributed by atoms with Gasteiger partial charge in [-0.1, -0.05) is 13.8 Å². The summed E-state index contributed by atoms with van der Waals surface area (Å²) in [6, 6.07) is 3.82. The van der Waals surface area contributed by atoms with Crippen molar-refractivity contribution >= 4 is 11.9 Å². The minimum Gasteiger partial charge on any atom is -0.493 e. The standard InChI is InChI=1S/C19H27NO5/c1-12-14-9-16(25-5)15(24-4)8-13(14)6-7-20(12)17(21)10-19(2,3)11-18(22)23/h8-9,12H,6-7,10-11H2,1-5H3,(H,22,23)/t12-/m0/s1. The number of amides is 1. The summed E-state index contributed by atoms with van der Waals surface area (Å²) in [5, 5.41) is 9.01. The van der Waals surface area contributed by atoms with Crippen molar-refractivity contribution < 1.29 is 24.2 Å². The molecule has 1 aromatic rings. The highest BCUT2D eigenvalue weighted by Crippen LogP contribution is 2.39. The van der Waals surface area contributed by atoms with E-state index in [4.69, 9.17) is 14.6 Å². The van der Waals surface area contributed by atoms with Crippen LogP contribution in [0.3, 0.4) is 0 Å². The Labute approximate surface area is 148 Å². The number of rotatable bonds is 6. The Morgan fingerprint density at radius 1 is 1.20 bits per heavy atom. The van der Waals surface area contributed by atoms with Gasteiger partial charge in [-0.15, -0.1) is 0 Å². The predicted molar refractivity (Wildman–Crippen MR) is 94.0 cm³/mol. The molecule has 6 nitrogen and oxygen atoms in total. The normalized spacial score (nSPS) is 17.0. The molecule has 1 aliphatic rings. The van der Waals surface area contributed by atoms with Gasteiger partial charge in [0.2, 0.25) is 5.91 Å². The van der Waals surface area contributed by atoms with Gasteiger partial charge in [0.25, 0.3) is 0 Å². The van der Waals surface area contributed by atoms with Gasteiger partial charge in [0.15, 0.2) is 11.5 Å². The van der Waals surface area contributed by atoms with E-state index in [1.54, 1.807) is 14.2 Å². The quantitative estimate of drug-likeness (QED) is 0.854. The summed E-state index contributed by atoms with van der Waals surface area (Å²) in [6.07, 6.45) is 0.931. The van der Waals surface area contributed by atoms with Gasteiger partial charge >= 0.3 is 5.97 Å². The van der Waals surface area contributed by atoms with Crippen molar-refractivity contribution in [3.63, 3.8) is 0 Å². The maximum absolute atomic E-state index is 12.8. The van der Waals surface area contributed by atoms with Crippen LogP contribution >= 0.6 is 0 Å². The third kappa shape index (κ3) is 4.24. The molecule has 1 aliphatic heterocycles. The topological polar surface area (TPSA) is 76.1 Å². The molecule has 0 aliphatic carbocycles. The summed E-state index contributed by atoms with van der Waals surface area (Å²) in [7, 11) is 3.20. The number of hydrogen-bond donors (Lipinski definition) is 1. The van der Waals surface area contributed by atoms with Crippen molar-refractivity contribution in [1.29, 1.82) is 0 Å². The molecule has 0 saturated heterocycles. The van der Waals surface area contributed by atoms with Gasteiger partial charge < -0.3 is 19.5 Å². The predicted octanol–water partition coefficient (Wildman–Crippen LogP) is 3.04. The SMILES string of the molecule is COc1cc2c(cc1OC)[C@H](C)N(C(=O)CC(C)(C)CC(=O)O)CC2. The van der Waals surface area contributed by atoms with Crippen LogP contribution in [0.1, 0.15) is 50.8 Å². The molecule has 25 heavy (non-hydrogen) atoms. The maximum Gasteiger partial charge on any atom is 0.303 e. The van der Waals surface area contributed by atoms with Crippen LogP contribution < -0.4 is 9.47 Å². The Morgan fingerprint density at radius 3 is 2.36 bits per heavy atom. The number of carboxylic acid groups (broad SMARTS) is 1. The summed E-state index contributed by atoms with van der Waals surface area (Å²) < 4.78 is 10.7. The molecule has 0 saturated carbocycles. The van der Waals surface area contributed by atoms with E-state index in [9.17, 15) is 9.59 Å². The molecule has 0 bridgehead atoms. The first-order valence-corrected chi connectivity index (χ1v) is 8.44. The number of ether oxygens (including phenoxy) is 2. The van der Waals surface area contributed by atoms with Crippen LogP contribution in [-0.4, -0.2) is 42.6 Å². The Hall–Kier alpha value is -2.24. The van der Waals surface area contributed by atoms with Crippen molar-refractivity contribution in [3.8, 4) is 11.5 Å². The number of carbonyl (C=O) groups excluding carboxylic acids is 1. The lowest BCUT2D eigenvalue weighted by Gasteiger charge is -2.37. The zero-order valence-electron chi connectivity index (χ0n) is 15.6. The number of methoxy groups -OCH3 is 2. The molecule has 6 heteroatoms. The van der Waals surface area contributed by atoms with Crippen molar-refractivity contribution in [2.75, 3.05) is 20.8 Å². The Kier molecular flexibility index (Phi) is 5.60. The van der Waals surface area contributed by atoms with E-state index in [0.29, 0.717) is 18.0 Å². The van der Waals surface area contributed by atoms with Crippen molar-refractivity contribution in [1.82, 2.24) is 4.90 Å². The van der Waals surface area contributed by atoms with Gasteiger partial charge in [0.1, 0.15) is 0 Å². The van der Waals surface area contributed by atoms with Crippen LogP contribution in [0.15, 0.2) is 12.1 Å². The third-order valence-corrected chi connectivity index (χ3v) is 4.76.